The molecule has 0 radical (unpaired) electrons. The highest BCUT2D eigenvalue weighted by Crippen LogP contribution is 2.62. The molecule has 0 spiro atoms. The lowest BCUT2D eigenvalue weighted by atomic mass is 9.99. The summed E-state index contributed by atoms with van der Waals surface area (Å²) >= 11 is 0. The number of hydrogen-bond donors (Lipinski definition) is 2. The molecular weight excluding hydrogens is 495 g/mol. The number of aromatic nitrogens is 1. The monoisotopic (exact) mass is 530 g/mol. The minimum absolute atomic E-state index is 0.0286. The van der Waals surface area contributed by atoms with Crippen molar-refractivity contribution in [2.45, 2.75) is 70.7 Å². The first kappa shape index (κ1) is 25.8. The van der Waals surface area contributed by atoms with E-state index >= 15 is 0 Å². The van der Waals surface area contributed by atoms with Gasteiger partial charge >= 0.3 is 5.97 Å². The molecule has 4 aliphatic rings. The van der Waals surface area contributed by atoms with E-state index in [1.165, 1.54) is 6.07 Å². The van der Waals surface area contributed by atoms with E-state index in [0.29, 0.717) is 29.8 Å². The van der Waals surface area contributed by atoms with Crippen LogP contribution < -0.4 is 4.90 Å². The van der Waals surface area contributed by atoms with Gasteiger partial charge in [0, 0.05) is 34.8 Å². The first-order valence-electron chi connectivity index (χ1n) is 13.9. The molecule has 4 fully saturated rings. The van der Waals surface area contributed by atoms with E-state index < -0.39 is 5.97 Å². The molecule has 1 aromatic heterocycles. The molecule has 204 valence electrons. The molecule has 2 aliphatic heterocycles. The van der Waals surface area contributed by atoms with Gasteiger partial charge in [0.05, 0.1) is 12.0 Å². The van der Waals surface area contributed by atoms with E-state index in [4.69, 9.17) is 9.72 Å². The first-order valence-corrected chi connectivity index (χ1v) is 13.9. The van der Waals surface area contributed by atoms with E-state index in [1.54, 1.807) is 6.07 Å². The molecule has 0 amide bonds. The van der Waals surface area contributed by atoms with Crippen molar-refractivity contribution >= 4 is 11.8 Å². The summed E-state index contributed by atoms with van der Waals surface area (Å²) in [5.74, 6) is 0.344. The number of aliphatic carboxylic acids is 1. The number of anilines is 1. The Labute approximate surface area is 228 Å². The van der Waals surface area contributed by atoms with Crippen LogP contribution in [0.5, 0.6) is 0 Å². The van der Waals surface area contributed by atoms with Crippen LogP contribution in [0.2, 0.25) is 0 Å². The molecule has 6 rings (SSSR count). The highest BCUT2D eigenvalue weighted by atomic mass is 19.1. The summed E-state index contributed by atoms with van der Waals surface area (Å²) in [5.41, 5.74) is 5.07. The summed E-state index contributed by atoms with van der Waals surface area (Å²) in [5, 5.41) is 19.5. The number of halogens is 1. The van der Waals surface area contributed by atoms with Crippen molar-refractivity contribution < 1.29 is 24.1 Å². The zero-order chi connectivity index (χ0) is 27.4. The number of rotatable bonds is 7. The maximum Gasteiger partial charge on any atom is 0.307 e. The fraction of sp³-hybridized carbons (Fsp3) is 0.438. The second-order valence-electron chi connectivity index (χ2n) is 11.5. The van der Waals surface area contributed by atoms with Crippen molar-refractivity contribution in [3.05, 3.63) is 83.0 Å². The molecule has 2 aliphatic carbocycles. The van der Waals surface area contributed by atoms with Crippen molar-refractivity contribution in [2.75, 3.05) is 4.90 Å². The molecule has 2 bridgehead atoms. The summed E-state index contributed by atoms with van der Waals surface area (Å²) in [7, 11) is 0. The zero-order valence-electron chi connectivity index (χ0n) is 22.4. The van der Waals surface area contributed by atoms with Gasteiger partial charge in [0.1, 0.15) is 24.0 Å². The van der Waals surface area contributed by atoms with Crippen molar-refractivity contribution in [3.8, 4) is 11.1 Å². The largest absolute Gasteiger partial charge is 0.489 e. The summed E-state index contributed by atoms with van der Waals surface area (Å²) < 4.78 is 20.8. The zero-order valence-corrected chi connectivity index (χ0v) is 22.4. The van der Waals surface area contributed by atoms with Crippen LogP contribution in [-0.4, -0.2) is 39.4 Å². The molecule has 7 heteroatoms. The number of carboxylic acid groups (broad SMARTS) is 1. The van der Waals surface area contributed by atoms with Crippen LogP contribution in [0.15, 0.2) is 66.0 Å². The number of aliphatic hydroxyl groups is 1. The number of pyridine rings is 1. The number of benzene rings is 1. The minimum atomic E-state index is -0.749. The van der Waals surface area contributed by atoms with E-state index in [1.807, 2.05) is 38.1 Å². The number of aliphatic hydroxyl groups excluding tert-OH is 1. The molecule has 1 unspecified atom stereocenters. The fourth-order valence-electron chi connectivity index (χ4n) is 7.10. The summed E-state index contributed by atoms with van der Waals surface area (Å²) in [6.45, 7) is 8.04. The van der Waals surface area contributed by atoms with Crippen LogP contribution in [0.1, 0.15) is 50.3 Å². The Bertz CT molecular complexity index is 1380. The summed E-state index contributed by atoms with van der Waals surface area (Å²) in [4.78, 5) is 18.6. The van der Waals surface area contributed by atoms with Crippen LogP contribution in [0.3, 0.4) is 0 Å². The lowest BCUT2D eigenvalue weighted by Gasteiger charge is -2.38. The van der Waals surface area contributed by atoms with Gasteiger partial charge < -0.3 is 19.8 Å². The molecule has 39 heavy (non-hydrogen) atoms. The second-order valence-corrected chi connectivity index (χ2v) is 11.5. The van der Waals surface area contributed by atoms with Crippen molar-refractivity contribution in [1.29, 1.82) is 0 Å². The molecule has 6 atom stereocenters. The number of ether oxygens (including phenoxy) is 1. The number of piperidine rings is 1. The summed E-state index contributed by atoms with van der Waals surface area (Å²) in [6, 6.07) is 9.85. The number of hydrogen-bond acceptors (Lipinski definition) is 5. The Kier molecular flexibility index (Phi) is 6.58. The molecule has 2 N–H and O–H groups in total. The molecule has 1 aromatic carbocycles. The third-order valence-corrected chi connectivity index (χ3v) is 9.12. The molecule has 2 saturated heterocycles. The van der Waals surface area contributed by atoms with E-state index in [0.717, 1.165) is 59.5 Å². The van der Waals surface area contributed by atoms with Gasteiger partial charge in [-0.3, -0.25) is 4.79 Å². The number of aryl methyl sites for hydroxylation is 1. The first-order chi connectivity index (χ1) is 18.7. The molecule has 2 saturated carbocycles. The highest BCUT2D eigenvalue weighted by Gasteiger charge is 2.60. The Morgan fingerprint density at radius 1 is 1.23 bits per heavy atom. The lowest BCUT2D eigenvalue weighted by molar-refractivity contribution is -0.139. The maximum atomic E-state index is 14.8. The van der Waals surface area contributed by atoms with Gasteiger partial charge in [-0.05, 0) is 105 Å². The Morgan fingerprint density at radius 2 is 1.97 bits per heavy atom. The van der Waals surface area contributed by atoms with Crippen LogP contribution in [0.25, 0.3) is 11.1 Å². The lowest BCUT2D eigenvalue weighted by Crippen LogP contribution is -2.45. The molecular formula is C32H35FN2O4. The van der Waals surface area contributed by atoms with Crippen LogP contribution in [0.4, 0.5) is 10.2 Å². The molecule has 3 heterocycles. The number of nitrogens with zero attached hydrogens (tertiary/aromatic N) is 2. The Morgan fingerprint density at radius 3 is 2.59 bits per heavy atom. The number of fused-ring (bicyclic) bond motifs is 3. The van der Waals surface area contributed by atoms with Gasteiger partial charge in [-0.25, -0.2) is 9.37 Å². The third kappa shape index (κ3) is 4.67. The predicted molar refractivity (Wildman–Crippen MR) is 147 cm³/mol. The van der Waals surface area contributed by atoms with Gasteiger partial charge in [-0.2, -0.15) is 0 Å². The van der Waals surface area contributed by atoms with E-state index in [-0.39, 0.29) is 36.3 Å². The fourth-order valence-corrected chi connectivity index (χ4v) is 7.10. The number of allylic oxidation sites excluding steroid dienone is 4. The SMILES string of the molecule is C=C1/C(=C\C(=C/C)OCc2cc(-c3ccc(N4[C@@H]5CC[C@H]4CC(O)C5)nc3C)ccc2F)C[C@@H]2[C@H]1[C@H]2C(=O)O. The van der Waals surface area contributed by atoms with Gasteiger partial charge in [0.2, 0.25) is 0 Å². The van der Waals surface area contributed by atoms with Crippen molar-refractivity contribution in [3.63, 3.8) is 0 Å². The molecule has 2 aromatic rings. The highest BCUT2D eigenvalue weighted by molar-refractivity contribution is 5.77. The van der Waals surface area contributed by atoms with Crippen molar-refractivity contribution in [1.82, 2.24) is 4.98 Å². The van der Waals surface area contributed by atoms with Crippen LogP contribution in [0, 0.1) is 30.5 Å². The molecule has 6 nitrogen and oxygen atoms in total. The smallest absolute Gasteiger partial charge is 0.307 e. The van der Waals surface area contributed by atoms with Crippen LogP contribution in [-0.2, 0) is 16.1 Å². The minimum Gasteiger partial charge on any atom is -0.489 e. The third-order valence-electron chi connectivity index (χ3n) is 9.12. The average Bonchev–Trinajstić information content (AvgIpc) is 3.45. The topological polar surface area (TPSA) is 82.9 Å². The Hall–Kier alpha value is -3.45. The quantitative estimate of drug-likeness (QED) is 0.431. The normalized spacial score (nSPS) is 30.6. The van der Waals surface area contributed by atoms with Gasteiger partial charge in [-0.15, -0.1) is 0 Å². The van der Waals surface area contributed by atoms with E-state index in [9.17, 15) is 19.4 Å². The second kappa shape index (κ2) is 9.94. The summed E-state index contributed by atoms with van der Waals surface area (Å²) in [6.07, 6.45) is 7.99. The van der Waals surface area contributed by atoms with Gasteiger partial charge in [0.25, 0.3) is 0 Å². The van der Waals surface area contributed by atoms with E-state index in [2.05, 4.69) is 17.5 Å². The predicted octanol–water partition coefficient (Wildman–Crippen LogP) is 5.94. The van der Waals surface area contributed by atoms with Crippen molar-refractivity contribution in [2.24, 2.45) is 17.8 Å². The maximum absolute atomic E-state index is 14.8. The van der Waals surface area contributed by atoms with Gasteiger partial charge in [-0.1, -0.05) is 12.6 Å². The Balaban J connectivity index is 1.15. The van der Waals surface area contributed by atoms with Crippen LogP contribution >= 0.6 is 0 Å². The van der Waals surface area contributed by atoms with Gasteiger partial charge in [0.15, 0.2) is 0 Å². The standard InChI is InChI=1S/C32H35FN2O4/c1-4-25(12-20-13-27-30(17(20)2)31(27)32(37)38)39-16-21-11-19(5-9-28(21)33)26-8-10-29(34-18(26)3)35-22-6-7-23(35)15-24(36)14-22/h4-5,8-12,22-24,27,30-31,36H,2,6-7,13-16H2,1,3H3,(H,37,38)/b20-12-,25-4+/t22-,23+,24?,27-,30+,31+/m1/s1. The average molecular weight is 531 g/mol. The number of carboxylic acids is 1. The number of carbonyl (C=O) groups is 1.